The summed E-state index contributed by atoms with van der Waals surface area (Å²) in [6.45, 7) is 6.26. The van der Waals surface area contributed by atoms with Gasteiger partial charge in [-0.05, 0) is 12.8 Å². The van der Waals surface area contributed by atoms with Crippen molar-refractivity contribution in [1.29, 1.82) is 0 Å². The van der Waals surface area contributed by atoms with Crippen molar-refractivity contribution in [3.63, 3.8) is 0 Å². The summed E-state index contributed by atoms with van der Waals surface area (Å²) in [5, 5.41) is 3.59. The molecule has 0 aromatic carbocycles. The Bertz CT molecular complexity index is 236. The van der Waals surface area contributed by atoms with E-state index in [9.17, 15) is 0 Å². The lowest BCUT2D eigenvalue weighted by atomic mass is 9.89. The number of hydrogen-bond donors (Lipinski definition) is 1. The second kappa shape index (κ2) is 13.4. The van der Waals surface area contributed by atoms with Crippen molar-refractivity contribution in [1.82, 2.24) is 5.32 Å². The molecule has 2 nitrogen and oxygen atoms in total. The Morgan fingerprint density at radius 3 is 1.68 bits per heavy atom. The predicted molar refractivity (Wildman–Crippen MR) is 97.3 cm³/mol. The van der Waals surface area contributed by atoms with Crippen molar-refractivity contribution in [3.8, 4) is 0 Å². The Labute approximate surface area is 139 Å². The Balaban J connectivity index is 1.85. The van der Waals surface area contributed by atoms with Gasteiger partial charge in [0, 0.05) is 5.54 Å². The first-order chi connectivity index (χ1) is 10.8. The predicted octanol–water partition coefficient (Wildman–Crippen LogP) is 6.19. The van der Waals surface area contributed by atoms with Gasteiger partial charge in [0.15, 0.2) is 0 Å². The second-order valence-corrected chi connectivity index (χ2v) is 7.34. The van der Waals surface area contributed by atoms with Gasteiger partial charge < -0.3 is 4.74 Å². The molecule has 1 aliphatic rings. The van der Waals surface area contributed by atoms with Crippen LogP contribution in [0.3, 0.4) is 0 Å². The van der Waals surface area contributed by atoms with Gasteiger partial charge in [0.05, 0.1) is 13.3 Å². The SMILES string of the molecule is CCCCCCCCCCCCCCC1(CCC)COCN1. The minimum Gasteiger partial charge on any atom is -0.364 e. The summed E-state index contributed by atoms with van der Waals surface area (Å²) in [7, 11) is 0. The zero-order valence-corrected chi connectivity index (χ0v) is 15.4. The summed E-state index contributed by atoms with van der Waals surface area (Å²) in [5.41, 5.74) is 0.313. The van der Waals surface area contributed by atoms with Crippen LogP contribution in [0.4, 0.5) is 0 Å². The van der Waals surface area contributed by atoms with E-state index in [2.05, 4.69) is 19.2 Å². The van der Waals surface area contributed by atoms with Crippen LogP contribution in [-0.4, -0.2) is 18.9 Å². The molecule has 0 radical (unpaired) electrons. The highest BCUT2D eigenvalue weighted by Gasteiger charge is 2.32. The Hall–Kier alpha value is -0.0800. The zero-order chi connectivity index (χ0) is 15.9. The van der Waals surface area contributed by atoms with Gasteiger partial charge in [0.2, 0.25) is 0 Å². The fraction of sp³-hybridized carbons (Fsp3) is 1.00. The third-order valence-electron chi connectivity index (χ3n) is 5.17. The minimum atomic E-state index is 0.313. The van der Waals surface area contributed by atoms with E-state index in [1.165, 1.54) is 96.3 Å². The molecule has 1 aliphatic heterocycles. The van der Waals surface area contributed by atoms with E-state index in [0.717, 1.165) is 13.3 Å². The van der Waals surface area contributed by atoms with Crippen LogP contribution in [0.15, 0.2) is 0 Å². The number of hydrogen-bond acceptors (Lipinski definition) is 2. The van der Waals surface area contributed by atoms with Crippen molar-refractivity contribution in [2.75, 3.05) is 13.3 Å². The molecule has 22 heavy (non-hydrogen) atoms. The first kappa shape index (κ1) is 20.0. The van der Waals surface area contributed by atoms with E-state index < -0.39 is 0 Å². The van der Waals surface area contributed by atoms with Crippen LogP contribution in [0.25, 0.3) is 0 Å². The van der Waals surface area contributed by atoms with Crippen LogP contribution >= 0.6 is 0 Å². The number of unbranched alkanes of at least 4 members (excludes halogenated alkanes) is 11. The molecule has 1 atom stereocenters. The van der Waals surface area contributed by atoms with E-state index in [4.69, 9.17) is 4.74 Å². The monoisotopic (exact) mass is 311 g/mol. The quantitative estimate of drug-likeness (QED) is 0.364. The average Bonchev–Trinajstić information content (AvgIpc) is 2.97. The molecule has 0 aliphatic carbocycles. The molecular formula is C20H41NO. The summed E-state index contributed by atoms with van der Waals surface area (Å²) in [4.78, 5) is 0. The van der Waals surface area contributed by atoms with Gasteiger partial charge in [0.25, 0.3) is 0 Å². The van der Waals surface area contributed by atoms with Crippen molar-refractivity contribution >= 4 is 0 Å². The van der Waals surface area contributed by atoms with Gasteiger partial charge in [0.1, 0.15) is 0 Å². The van der Waals surface area contributed by atoms with Crippen molar-refractivity contribution in [3.05, 3.63) is 0 Å². The van der Waals surface area contributed by atoms with Gasteiger partial charge >= 0.3 is 0 Å². The average molecular weight is 312 g/mol. The Kier molecular flexibility index (Phi) is 12.1. The molecule has 1 rings (SSSR count). The molecule has 0 aromatic heterocycles. The molecule has 0 spiro atoms. The molecule has 0 saturated carbocycles. The maximum absolute atomic E-state index is 5.56. The van der Waals surface area contributed by atoms with E-state index in [-0.39, 0.29) is 0 Å². The van der Waals surface area contributed by atoms with Crippen LogP contribution in [0.2, 0.25) is 0 Å². The fourth-order valence-corrected chi connectivity index (χ4v) is 3.73. The lowest BCUT2D eigenvalue weighted by Gasteiger charge is -2.27. The topological polar surface area (TPSA) is 21.3 Å². The molecule has 0 aromatic rings. The molecule has 132 valence electrons. The van der Waals surface area contributed by atoms with Crippen LogP contribution in [0, 0.1) is 0 Å². The van der Waals surface area contributed by atoms with Gasteiger partial charge in [-0.15, -0.1) is 0 Å². The molecule has 1 heterocycles. The third kappa shape index (κ3) is 9.15. The van der Waals surface area contributed by atoms with Gasteiger partial charge in [-0.2, -0.15) is 0 Å². The molecule has 0 amide bonds. The van der Waals surface area contributed by atoms with E-state index >= 15 is 0 Å². The first-order valence-electron chi connectivity index (χ1n) is 10.2. The number of nitrogens with one attached hydrogen (secondary N) is 1. The normalized spacial score (nSPS) is 21.5. The fourth-order valence-electron chi connectivity index (χ4n) is 3.73. The van der Waals surface area contributed by atoms with E-state index in [1.54, 1.807) is 0 Å². The summed E-state index contributed by atoms with van der Waals surface area (Å²) >= 11 is 0. The largest absolute Gasteiger partial charge is 0.364 e. The molecular weight excluding hydrogens is 270 g/mol. The lowest BCUT2D eigenvalue weighted by molar-refractivity contribution is 0.169. The summed E-state index contributed by atoms with van der Waals surface area (Å²) in [6, 6.07) is 0. The highest BCUT2D eigenvalue weighted by Crippen LogP contribution is 2.25. The van der Waals surface area contributed by atoms with Crippen LogP contribution in [-0.2, 0) is 4.74 Å². The smallest absolute Gasteiger partial charge is 0.0971 e. The maximum atomic E-state index is 5.56. The maximum Gasteiger partial charge on any atom is 0.0971 e. The number of ether oxygens (including phenoxy) is 1. The lowest BCUT2D eigenvalue weighted by Crippen LogP contribution is -2.42. The summed E-state index contributed by atoms with van der Waals surface area (Å²) in [6.07, 6.45) is 21.0. The highest BCUT2D eigenvalue weighted by molar-refractivity contribution is 4.89. The second-order valence-electron chi connectivity index (χ2n) is 7.34. The van der Waals surface area contributed by atoms with Crippen LogP contribution < -0.4 is 5.32 Å². The van der Waals surface area contributed by atoms with Crippen LogP contribution in [0.1, 0.15) is 110 Å². The van der Waals surface area contributed by atoms with E-state index in [1.807, 2.05) is 0 Å². The zero-order valence-electron chi connectivity index (χ0n) is 15.4. The van der Waals surface area contributed by atoms with Crippen molar-refractivity contribution in [2.45, 2.75) is 116 Å². The summed E-state index contributed by atoms with van der Waals surface area (Å²) in [5.74, 6) is 0. The Morgan fingerprint density at radius 1 is 0.682 bits per heavy atom. The first-order valence-corrected chi connectivity index (χ1v) is 10.2. The van der Waals surface area contributed by atoms with Gasteiger partial charge in [-0.1, -0.05) is 97.3 Å². The molecule has 1 saturated heterocycles. The van der Waals surface area contributed by atoms with Crippen molar-refractivity contribution < 1.29 is 4.74 Å². The van der Waals surface area contributed by atoms with Gasteiger partial charge in [-0.25, -0.2) is 0 Å². The highest BCUT2D eigenvalue weighted by atomic mass is 16.5. The third-order valence-corrected chi connectivity index (χ3v) is 5.17. The molecule has 0 bridgehead atoms. The molecule has 1 fully saturated rings. The van der Waals surface area contributed by atoms with E-state index in [0.29, 0.717) is 5.54 Å². The molecule has 2 heteroatoms. The molecule has 1 unspecified atom stereocenters. The van der Waals surface area contributed by atoms with Gasteiger partial charge in [-0.3, -0.25) is 5.32 Å². The molecule has 1 N–H and O–H groups in total. The van der Waals surface area contributed by atoms with Crippen molar-refractivity contribution in [2.24, 2.45) is 0 Å². The standard InChI is InChI=1S/C20H41NO/c1-3-5-6-7-8-9-10-11-12-13-14-15-17-20(16-4-2)18-22-19-21-20/h21H,3-19H2,1-2H3. The minimum absolute atomic E-state index is 0.313. The van der Waals surface area contributed by atoms with Crippen LogP contribution in [0.5, 0.6) is 0 Å². The Morgan fingerprint density at radius 2 is 1.23 bits per heavy atom. The number of rotatable bonds is 15. The summed E-state index contributed by atoms with van der Waals surface area (Å²) < 4.78 is 5.56.